The van der Waals surface area contributed by atoms with Crippen LogP contribution in [0.5, 0.6) is 0 Å². The average Bonchev–Trinajstić information content (AvgIpc) is 2.68. The van der Waals surface area contributed by atoms with Gasteiger partial charge >= 0.3 is 0 Å². The molecule has 2 aromatic carbocycles. The van der Waals surface area contributed by atoms with Crippen LogP contribution in [0.15, 0.2) is 48.5 Å². The van der Waals surface area contributed by atoms with E-state index in [1.165, 1.54) is 11.3 Å². The van der Waals surface area contributed by atoms with Gasteiger partial charge in [-0.25, -0.2) is 0 Å². The molecule has 0 unspecified atom stereocenters. The lowest BCUT2D eigenvalue weighted by molar-refractivity contribution is 0.0827. The monoisotopic (exact) mass is 385 g/mol. The number of hydrogen-bond acceptors (Lipinski definition) is 3. The highest BCUT2D eigenvalue weighted by molar-refractivity contribution is 6.30. The average molecular weight is 386 g/mol. The summed E-state index contributed by atoms with van der Waals surface area (Å²) >= 11 is 5.98. The second-order valence-corrected chi connectivity index (χ2v) is 7.88. The normalized spacial score (nSPS) is 16.2. The molecule has 4 nitrogen and oxygen atoms in total. The van der Waals surface area contributed by atoms with Crippen molar-refractivity contribution in [2.45, 2.75) is 31.8 Å². The van der Waals surface area contributed by atoms with Crippen molar-refractivity contribution in [3.63, 3.8) is 0 Å². The molecule has 1 atom stereocenters. The first-order valence-corrected chi connectivity index (χ1v) is 9.90. The van der Waals surface area contributed by atoms with Crippen molar-refractivity contribution >= 4 is 23.2 Å². The van der Waals surface area contributed by atoms with Crippen LogP contribution >= 0.6 is 11.6 Å². The van der Waals surface area contributed by atoms with Crippen LogP contribution in [0, 0.1) is 0 Å². The maximum absolute atomic E-state index is 12.0. The quantitative estimate of drug-likeness (QED) is 0.830. The van der Waals surface area contributed by atoms with E-state index in [2.05, 4.69) is 41.4 Å². The minimum atomic E-state index is 0.0423. The molecule has 0 spiro atoms. The van der Waals surface area contributed by atoms with Crippen molar-refractivity contribution in [1.82, 2.24) is 10.2 Å². The number of carbonyl (C=O) groups excluding carboxylic acids is 1. The summed E-state index contributed by atoms with van der Waals surface area (Å²) in [6.07, 6.45) is 2.21. The third-order valence-corrected chi connectivity index (χ3v) is 5.49. The Morgan fingerprint density at radius 2 is 1.67 bits per heavy atom. The second kappa shape index (κ2) is 8.77. The van der Waals surface area contributed by atoms with Crippen molar-refractivity contribution in [3.8, 4) is 0 Å². The fraction of sp³-hybridized carbons (Fsp3) is 0.409. The Morgan fingerprint density at radius 3 is 2.22 bits per heavy atom. The molecular weight excluding hydrogens is 358 g/mol. The van der Waals surface area contributed by atoms with Gasteiger partial charge in [0.15, 0.2) is 0 Å². The zero-order valence-corrected chi connectivity index (χ0v) is 17.0. The lowest BCUT2D eigenvalue weighted by atomic mass is 10.0. The van der Waals surface area contributed by atoms with Gasteiger partial charge in [-0.1, -0.05) is 23.7 Å². The Hall–Kier alpha value is -2.04. The maximum Gasteiger partial charge on any atom is 0.253 e. The number of carbonyl (C=O) groups is 1. The highest BCUT2D eigenvalue weighted by atomic mass is 35.5. The molecule has 0 saturated carbocycles. The van der Waals surface area contributed by atoms with Crippen LogP contribution in [0.1, 0.15) is 41.7 Å². The smallest absolute Gasteiger partial charge is 0.253 e. The molecule has 0 aliphatic carbocycles. The van der Waals surface area contributed by atoms with Crippen LogP contribution in [0.2, 0.25) is 5.02 Å². The SMILES string of the molecule is C[C@H](NC1CCN(c2ccc(C(=O)N(C)C)cc2)CC1)c1ccc(Cl)cc1. The lowest BCUT2D eigenvalue weighted by Crippen LogP contribution is -2.43. The molecule has 27 heavy (non-hydrogen) atoms. The topological polar surface area (TPSA) is 35.6 Å². The first kappa shape index (κ1) is 19.7. The molecule has 1 amide bonds. The van der Waals surface area contributed by atoms with Crippen molar-refractivity contribution in [1.29, 1.82) is 0 Å². The fourth-order valence-corrected chi connectivity index (χ4v) is 3.70. The van der Waals surface area contributed by atoms with E-state index < -0.39 is 0 Å². The predicted octanol–water partition coefficient (Wildman–Crippen LogP) is 4.36. The Morgan fingerprint density at radius 1 is 1.07 bits per heavy atom. The van der Waals surface area contributed by atoms with Crippen molar-refractivity contribution in [2.24, 2.45) is 0 Å². The number of rotatable bonds is 5. The highest BCUT2D eigenvalue weighted by Crippen LogP contribution is 2.23. The lowest BCUT2D eigenvalue weighted by Gasteiger charge is -2.35. The first-order chi connectivity index (χ1) is 12.9. The molecule has 1 aliphatic rings. The molecule has 1 N–H and O–H groups in total. The summed E-state index contributed by atoms with van der Waals surface area (Å²) < 4.78 is 0. The van der Waals surface area contributed by atoms with Crippen LogP contribution in [0.25, 0.3) is 0 Å². The summed E-state index contributed by atoms with van der Waals surface area (Å²) in [4.78, 5) is 16.0. The molecule has 0 aromatic heterocycles. The fourth-order valence-electron chi connectivity index (χ4n) is 3.58. The molecule has 144 valence electrons. The molecule has 2 aromatic rings. The molecule has 1 saturated heterocycles. The number of piperidine rings is 1. The summed E-state index contributed by atoms with van der Waals surface area (Å²) in [5.74, 6) is 0.0423. The third-order valence-electron chi connectivity index (χ3n) is 5.24. The van der Waals surface area contributed by atoms with Gasteiger partial charge in [-0.05, 0) is 61.7 Å². The van der Waals surface area contributed by atoms with Crippen LogP contribution in [-0.2, 0) is 0 Å². The van der Waals surface area contributed by atoms with E-state index in [0.29, 0.717) is 12.1 Å². The standard InChI is InChI=1S/C22H28ClN3O/c1-16(17-4-8-19(23)9-5-17)24-20-12-14-26(15-13-20)21-10-6-18(7-11-21)22(27)25(2)3/h4-11,16,20,24H,12-15H2,1-3H3/t16-/m0/s1. The van der Waals surface area contributed by atoms with Gasteiger partial charge in [0.1, 0.15) is 0 Å². The third kappa shape index (κ3) is 5.02. The van der Waals surface area contributed by atoms with Crippen molar-refractivity contribution < 1.29 is 4.79 Å². The van der Waals surface area contributed by atoms with Gasteiger partial charge < -0.3 is 15.1 Å². The summed E-state index contributed by atoms with van der Waals surface area (Å²) in [6.45, 7) is 4.24. The first-order valence-electron chi connectivity index (χ1n) is 9.52. The van der Waals surface area contributed by atoms with E-state index in [-0.39, 0.29) is 5.91 Å². The van der Waals surface area contributed by atoms with E-state index in [1.807, 2.05) is 24.3 Å². The number of anilines is 1. The zero-order chi connectivity index (χ0) is 19.4. The summed E-state index contributed by atoms with van der Waals surface area (Å²) in [6, 6.07) is 16.9. The van der Waals surface area contributed by atoms with Crippen LogP contribution in [0.3, 0.4) is 0 Å². The van der Waals surface area contributed by atoms with E-state index in [1.54, 1.807) is 19.0 Å². The molecule has 1 aliphatic heterocycles. The Balaban J connectivity index is 1.52. The van der Waals surface area contributed by atoms with Gasteiger partial charge in [-0.2, -0.15) is 0 Å². The van der Waals surface area contributed by atoms with Gasteiger partial charge in [0.25, 0.3) is 5.91 Å². The largest absolute Gasteiger partial charge is 0.371 e. The van der Waals surface area contributed by atoms with Crippen LogP contribution in [-0.4, -0.2) is 44.0 Å². The number of nitrogens with zero attached hydrogens (tertiary/aromatic N) is 2. The molecular formula is C22H28ClN3O. The molecule has 1 fully saturated rings. The van der Waals surface area contributed by atoms with E-state index in [0.717, 1.165) is 36.5 Å². The van der Waals surface area contributed by atoms with Gasteiger partial charge in [-0.3, -0.25) is 4.79 Å². The Labute approximate surface area is 167 Å². The second-order valence-electron chi connectivity index (χ2n) is 7.45. The summed E-state index contributed by atoms with van der Waals surface area (Å²) in [5.41, 5.74) is 3.19. The number of nitrogens with one attached hydrogen (secondary N) is 1. The minimum Gasteiger partial charge on any atom is -0.371 e. The van der Waals surface area contributed by atoms with Gasteiger partial charge in [-0.15, -0.1) is 0 Å². The number of hydrogen-bond donors (Lipinski definition) is 1. The molecule has 0 bridgehead atoms. The highest BCUT2D eigenvalue weighted by Gasteiger charge is 2.21. The number of amides is 1. The van der Waals surface area contributed by atoms with Crippen LogP contribution in [0.4, 0.5) is 5.69 Å². The van der Waals surface area contributed by atoms with Crippen molar-refractivity contribution in [3.05, 3.63) is 64.7 Å². The number of halogens is 1. The molecule has 5 heteroatoms. The maximum atomic E-state index is 12.0. The Kier molecular flexibility index (Phi) is 6.40. The number of benzene rings is 2. The van der Waals surface area contributed by atoms with Gasteiger partial charge in [0.05, 0.1) is 0 Å². The van der Waals surface area contributed by atoms with Crippen LogP contribution < -0.4 is 10.2 Å². The summed E-state index contributed by atoms with van der Waals surface area (Å²) in [7, 11) is 3.55. The molecule has 0 radical (unpaired) electrons. The molecule has 3 rings (SSSR count). The van der Waals surface area contributed by atoms with Gasteiger partial charge in [0, 0.05) is 55.5 Å². The molecule has 1 heterocycles. The summed E-state index contributed by atoms with van der Waals surface area (Å²) in [5, 5.41) is 4.52. The Bertz CT molecular complexity index is 750. The van der Waals surface area contributed by atoms with E-state index in [9.17, 15) is 4.79 Å². The predicted molar refractivity (Wildman–Crippen MR) is 113 cm³/mol. The van der Waals surface area contributed by atoms with E-state index >= 15 is 0 Å². The minimum absolute atomic E-state index is 0.0423. The van der Waals surface area contributed by atoms with E-state index in [4.69, 9.17) is 11.6 Å². The van der Waals surface area contributed by atoms with Crippen molar-refractivity contribution in [2.75, 3.05) is 32.1 Å². The zero-order valence-electron chi connectivity index (χ0n) is 16.3. The van der Waals surface area contributed by atoms with Gasteiger partial charge in [0.2, 0.25) is 0 Å².